The Hall–Kier alpha value is -1.55. The molecule has 0 heterocycles. The highest BCUT2D eigenvalue weighted by Gasteiger charge is 2.13. The zero-order valence-corrected chi connectivity index (χ0v) is 12.5. The summed E-state index contributed by atoms with van der Waals surface area (Å²) in [4.78, 5) is 23.2. The molecular formula is C15H21ClN2O2. The predicted molar refractivity (Wildman–Crippen MR) is 81.9 cm³/mol. The Bertz CT molecular complexity index is 449. The van der Waals surface area contributed by atoms with Crippen LogP contribution in [0, 0.1) is 0 Å². The normalized spacial score (nSPS) is 10.1. The molecule has 5 heteroatoms. The van der Waals surface area contributed by atoms with Crippen LogP contribution in [-0.4, -0.2) is 18.4 Å². The molecule has 0 bridgehead atoms. The first kappa shape index (κ1) is 16.5. The maximum absolute atomic E-state index is 11.6. The van der Waals surface area contributed by atoms with E-state index in [1.165, 1.54) is 12.8 Å². The first-order chi connectivity index (χ1) is 9.65. The molecule has 2 amide bonds. The van der Waals surface area contributed by atoms with Gasteiger partial charge in [-0.15, -0.1) is 0 Å². The molecule has 1 aromatic carbocycles. The summed E-state index contributed by atoms with van der Waals surface area (Å²) < 4.78 is 0. The number of para-hydroxylation sites is 1. The van der Waals surface area contributed by atoms with Crippen LogP contribution in [0.3, 0.4) is 0 Å². The maximum atomic E-state index is 11.6. The van der Waals surface area contributed by atoms with Crippen LogP contribution in [0.2, 0.25) is 5.02 Å². The van der Waals surface area contributed by atoms with Crippen LogP contribution in [0.1, 0.15) is 39.0 Å². The molecule has 2 N–H and O–H groups in total. The highest BCUT2D eigenvalue weighted by Crippen LogP contribution is 2.20. The Morgan fingerprint density at radius 2 is 1.75 bits per heavy atom. The average Bonchev–Trinajstić information content (AvgIpc) is 2.44. The van der Waals surface area contributed by atoms with Crippen LogP contribution < -0.4 is 10.6 Å². The van der Waals surface area contributed by atoms with E-state index in [-0.39, 0.29) is 0 Å². The largest absolute Gasteiger partial charge is 0.348 e. The van der Waals surface area contributed by atoms with Gasteiger partial charge in [-0.3, -0.25) is 9.59 Å². The second-order valence-electron chi connectivity index (χ2n) is 4.60. The molecule has 0 aliphatic heterocycles. The van der Waals surface area contributed by atoms with Crippen molar-refractivity contribution < 1.29 is 9.59 Å². The van der Waals surface area contributed by atoms with Gasteiger partial charge < -0.3 is 10.6 Å². The lowest BCUT2D eigenvalue weighted by atomic mass is 10.1. The molecule has 0 fully saturated rings. The minimum Gasteiger partial charge on any atom is -0.348 e. The molecule has 0 saturated carbocycles. The van der Waals surface area contributed by atoms with E-state index in [9.17, 15) is 9.59 Å². The smallest absolute Gasteiger partial charge is 0.313 e. The molecule has 0 aromatic heterocycles. The van der Waals surface area contributed by atoms with Crippen LogP contribution in [0.15, 0.2) is 24.3 Å². The number of anilines is 1. The van der Waals surface area contributed by atoms with E-state index in [1.807, 2.05) is 0 Å². The van der Waals surface area contributed by atoms with Crippen molar-refractivity contribution in [2.75, 3.05) is 11.9 Å². The van der Waals surface area contributed by atoms with Crippen LogP contribution >= 0.6 is 11.6 Å². The van der Waals surface area contributed by atoms with Gasteiger partial charge in [-0.05, 0) is 18.6 Å². The number of hydrogen-bond donors (Lipinski definition) is 2. The summed E-state index contributed by atoms with van der Waals surface area (Å²) in [5, 5.41) is 5.50. The van der Waals surface area contributed by atoms with E-state index < -0.39 is 11.8 Å². The Labute approximate surface area is 124 Å². The summed E-state index contributed by atoms with van der Waals surface area (Å²) >= 11 is 5.90. The molecule has 0 aliphatic carbocycles. The third-order valence-corrected chi connectivity index (χ3v) is 3.22. The molecule has 0 unspecified atom stereocenters. The van der Waals surface area contributed by atoms with Gasteiger partial charge in [0, 0.05) is 6.54 Å². The van der Waals surface area contributed by atoms with Crippen molar-refractivity contribution in [3.05, 3.63) is 29.3 Å². The van der Waals surface area contributed by atoms with Crippen molar-refractivity contribution in [2.45, 2.75) is 39.0 Å². The van der Waals surface area contributed by atoms with E-state index in [0.717, 1.165) is 19.3 Å². The Morgan fingerprint density at radius 1 is 1.05 bits per heavy atom. The number of unbranched alkanes of at least 4 members (excludes halogenated alkanes) is 4. The fourth-order valence-corrected chi connectivity index (χ4v) is 1.94. The van der Waals surface area contributed by atoms with E-state index in [2.05, 4.69) is 17.6 Å². The fourth-order valence-electron chi connectivity index (χ4n) is 1.75. The zero-order chi connectivity index (χ0) is 14.8. The van der Waals surface area contributed by atoms with Crippen molar-refractivity contribution in [2.24, 2.45) is 0 Å². The number of benzene rings is 1. The summed E-state index contributed by atoms with van der Waals surface area (Å²) in [7, 11) is 0. The minimum absolute atomic E-state index is 0.410. The molecule has 1 rings (SSSR count). The van der Waals surface area contributed by atoms with Gasteiger partial charge in [0.25, 0.3) is 0 Å². The SMILES string of the molecule is CCCCCCCNC(=O)C(=O)Nc1ccccc1Cl. The predicted octanol–water partition coefficient (Wildman–Crippen LogP) is 3.37. The van der Waals surface area contributed by atoms with Gasteiger partial charge in [-0.25, -0.2) is 0 Å². The Kier molecular flexibility index (Phi) is 7.73. The molecular weight excluding hydrogens is 276 g/mol. The van der Waals surface area contributed by atoms with Crippen LogP contribution in [0.4, 0.5) is 5.69 Å². The molecule has 0 radical (unpaired) electrons. The molecule has 0 saturated heterocycles. The quantitative estimate of drug-likeness (QED) is 0.599. The van der Waals surface area contributed by atoms with Crippen molar-refractivity contribution >= 4 is 29.1 Å². The van der Waals surface area contributed by atoms with Crippen molar-refractivity contribution in [3.63, 3.8) is 0 Å². The van der Waals surface area contributed by atoms with Gasteiger partial charge in [0.15, 0.2) is 0 Å². The number of amides is 2. The number of halogens is 1. The highest BCUT2D eigenvalue weighted by atomic mass is 35.5. The second-order valence-corrected chi connectivity index (χ2v) is 5.01. The van der Waals surface area contributed by atoms with E-state index in [4.69, 9.17) is 11.6 Å². The van der Waals surface area contributed by atoms with Crippen molar-refractivity contribution in [1.82, 2.24) is 5.32 Å². The first-order valence-electron chi connectivity index (χ1n) is 6.99. The van der Waals surface area contributed by atoms with E-state index in [1.54, 1.807) is 24.3 Å². The topological polar surface area (TPSA) is 58.2 Å². The highest BCUT2D eigenvalue weighted by molar-refractivity contribution is 6.41. The number of rotatable bonds is 7. The fraction of sp³-hybridized carbons (Fsp3) is 0.467. The standard InChI is InChI=1S/C15H21ClN2O2/c1-2-3-4-5-8-11-17-14(19)15(20)18-13-10-7-6-9-12(13)16/h6-7,9-10H,2-5,8,11H2,1H3,(H,17,19)(H,18,20). The summed E-state index contributed by atoms with van der Waals surface area (Å²) in [5.74, 6) is -1.31. The number of hydrogen-bond acceptors (Lipinski definition) is 2. The monoisotopic (exact) mass is 296 g/mol. The van der Waals surface area contributed by atoms with Gasteiger partial charge in [-0.2, -0.15) is 0 Å². The summed E-state index contributed by atoms with van der Waals surface area (Å²) in [6.07, 6.45) is 5.52. The molecule has 4 nitrogen and oxygen atoms in total. The van der Waals surface area contributed by atoms with Crippen LogP contribution in [0.25, 0.3) is 0 Å². The molecule has 20 heavy (non-hydrogen) atoms. The van der Waals surface area contributed by atoms with Gasteiger partial charge in [0.05, 0.1) is 10.7 Å². The van der Waals surface area contributed by atoms with E-state index >= 15 is 0 Å². The number of carbonyl (C=O) groups is 2. The van der Waals surface area contributed by atoms with Crippen LogP contribution in [0.5, 0.6) is 0 Å². The van der Waals surface area contributed by atoms with Gasteiger partial charge in [0.2, 0.25) is 0 Å². The Balaban J connectivity index is 2.26. The Morgan fingerprint density at radius 3 is 2.45 bits per heavy atom. The minimum atomic E-state index is -0.688. The summed E-state index contributed by atoms with van der Waals surface area (Å²) in [6, 6.07) is 6.81. The molecule has 110 valence electrons. The number of nitrogens with one attached hydrogen (secondary N) is 2. The molecule has 1 aromatic rings. The second kappa shape index (κ2) is 9.37. The third kappa shape index (κ3) is 6.06. The lowest BCUT2D eigenvalue weighted by Crippen LogP contribution is -2.35. The van der Waals surface area contributed by atoms with Gasteiger partial charge >= 0.3 is 11.8 Å². The van der Waals surface area contributed by atoms with Crippen molar-refractivity contribution in [1.29, 1.82) is 0 Å². The van der Waals surface area contributed by atoms with Gasteiger partial charge in [-0.1, -0.05) is 56.3 Å². The van der Waals surface area contributed by atoms with Gasteiger partial charge in [0.1, 0.15) is 0 Å². The van der Waals surface area contributed by atoms with Crippen molar-refractivity contribution in [3.8, 4) is 0 Å². The molecule has 0 aliphatic rings. The lowest BCUT2D eigenvalue weighted by molar-refractivity contribution is -0.136. The average molecular weight is 297 g/mol. The lowest BCUT2D eigenvalue weighted by Gasteiger charge is -2.07. The summed E-state index contributed by atoms with van der Waals surface area (Å²) in [5.41, 5.74) is 0.442. The third-order valence-electron chi connectivity index (χ3n) is 2.89. The van der Waals surface area contributed by atoms with E-state index in [0.29, 0.717) is 17.3 Å². The summed E-state index contributed by atoms with van der Waals surface area (Å²) in [6.45, 7) is 2.68. The molecule has 0 atom stereocenters. The van der Waals surface area contributed by atoms with Crippen LogP contribution in [-0.2, 0) is 9.59 Å². The maximum Gasteiger partial charge on any atom is 0.313 e. The zero-order valence-electron chi connectivity index (χ0n) is 11.7. The number of carbonyl (C=O) groups excluding carboxylic acids is 2. The molecule has 0 spiro atoms. The first-order valence-corrected chi connectivity index (χ1v) is 7.36.